The van der Waals surface area contributed by atoms with E-state index in [2.05, 4.69) is 16.9 Å². The molecule has 0 fully saturated rings. The largest absolute Gasteiger partial charge is 0.476 e. The van der Waals surface area contributed by atoms with Crippen LogP contribution < -0.4 is 4.90 Å². The van der Waals surface area contributed by atoms with Gasteiger partial charge in [0.2, 0.25) is 0 Å². The lowest BCUT2D eigenvalue weighted by atomic mass is 10.3. The molecular formula is C11H17N3O3. The molecule has 0 aliphatic carbocycles. The number of aliphatic hydroxyl groups is 1. The predicted molar refractivity (Wildman–Crippen MR) is 63.2 cm³/mol. The summed E-state index contributed by atoms with van der Waals surface area (Å²) < 4.78 is 0. The monoisotopic (exact) mass is 239 g/mol. The minimum atomic E-state index is -1.10. The molecule has 2 N–H and O–H groups in total. The molecule has 0 unspecified atom stereocenters. The third-order valence-electron chi connectivity index (χ3n) is 2.32. The molecule has 1 rings (SSSR count). The van der Waals surface area contributed by atoms with E-state index < -0.39 is 5.97 Å². The summed E-state index contributed by atoms with van der Waals surface area (Å²) in [6.07, 6.45) is 4.70. The highest BCUT2D eigenvalue weighted by Gasteiger charge is 2.11. The van der Waals surface area contributed by atoms with Crippen molar-refractivity contribution < 1.29 is 15.0 Å². The number of carboxylic acids is 1. The van der Waals surface area contributed by atoms with Crippen molar-refractivity contribution in [1.82, 2.24) is 9.97 Å². The highest BCUT2D eigenvalue weighted by molar-refractivity contribution is 5.85. The van der Waals surface area contributed by atoms with Crippen LogP contribution in [-0.2, 0) is 0 Å². The predicted octanol–water partition coefficient (Wildman–Crippen LogP) is 0.774. The molecule has 6 heteroatoms. The molecule has 0 aromatic carbocycles. The molecular weight excluding hydrogens is 222 g/mol. The molecule has 0 saturated carbocycles. The van der Waals surface area contributed by atoms with Crippen molar-refractivity contribution in [2.45, 2.75) is 19.8 Å². The highest BCUT2D eigenvalue weighted by Crippen LogP contribution is 2.10. The average Bonchev–Trinajstić information content (AvgIpc) is 2.34. The molecule has 0 bridgehead atoms. The molecule has 0 spiro atoms. The van der Waals surface area contributed by atoms with E-state index in [9.17, 15) is 4.79 Å². The van der Waals surface area contributed by atoms with Crippen molar-refractivity contribution in [2.75, 3.05) is 24.6 Å². The first-order valence-electron chi connectivity index (χ1n) is 5.60. The van der Waals surface area contributed by atoms with Gasteiger partial charge < -0.3 is 15.1 Å². The summed E-state index contributed by atoms with van der Waals surface area (Å²) in [5.74, 6) is -0.605. The van der Waals surface area contributed by atoms with E-state index in [1.807, 2.05) is 4.90 Å². The number of aromatic nitrogens is 2. The van der Waals surface area contributed by atoms with Crippen LogP contribution in [0.15, 0.2) is 12.4 Å². The Balaban J connectivity index is 2.84. The lowest BCUT2D eigenvalue weighted by Crippen LogP contribution is -2.29. The second kappa shape index (κ2) is 6.80. The lowest BCUT2D eigenvalue weighted by Gasteiger charge is -2.22. The molecule has 0 radical (unpaired) electrons. The van der Waals surface area contributed by atoms with E-state index in [1.54, 1.807) is 0 Å². The van der Waals surface area contributed by atoms with Crippen LogP contribution in [0, 0.1) is 0 Å². The maximum atomic E-state index is 10.8. The van der Waals surface area contributed by atoms with Gasteiger partial charge in [-0.1, -0.05) is 13.3 Å². The first kappa shape index (κ1) is 13.4. The molecule has 1 aromatic heterocycles. The maximum Gasteiger partial charge on any atom is 0.356 e. The van der Waals surface area contributed by atoms with Gasteiger partial charge in [-0.25, -0.2) is 9.78 Å². The second-order valence-corrected chi connectivity index (χ2v) is 3.63. The molecule has 0 amide bonds. The molecule has 94 valence electrons. The van der Waals surface area contributed by atoms with Gasteiger partial charge >= 0.3 is 5.97 Å². The summed E-state index contributed by atoms with van der Waals surface area (Å²) in [7, 11) is 0. The highest BCUT2D eigenvalue weighted by atomic mass is 16.4. The van der Waals surface area contributed by atoms with E-state index in [-0.39, 0.29) is 12.3 Å². The number of carboxylic acid groups (broad SMARTS) is 1. The van der Waals surface area contributed by atoms with Crippen molar-refractivity contribution in [3.8, 4) is 0 Å². The van der Waals surface area contributed by atoms with E-state index in [1.165, 1.54) is 12.4 Å². The van der Waals surface area contributed by atoms with Crippen LogP contribution >= 0.6 is 0 Å². The number of rotatable bonds is 7. The molecule has 1 heterocycles. The Morgan fingerprint density at radius 2 is 2.18 bits per heavy atom. The molecule has 1 aromatic rings. The number of aliphatic hydroxyl groups excluding tert-OH is 1. The molecule has 0 atom stereocenters. The fourth-order valence-electron chi connectivity index (χ4n) is 1.42. The third-order valence-corrected chi connectivity index (χ3v) is 2.32. The van der Waals surface area contributed by atoms with Gasteiger partial charge in [0.15, 0.2) is 5.69 Å². The number of hydrogen-bond acceptors (Lipinski definition) is 5. The van der Waals surface area contributed by atoms with E-state index >= 15 is 0 Å². The van der Waals surface area contributed by atoms with Gasteiger partial charge in [0, 0.05) is 13.1 Å². The fourth-order valence-corrected chi connectivity index (χ4v) is 1.42. The van der Waals surface area contributed by atoms with Crippen LogP contribution in [0.2, 0.25) is 0 Å². The Morgan fingerprint density at radius 1 is 1.41 bits per heavy atom. The molecule has 17 heavy (non-hydrogen) atoms. The lowest BCUT2D eigenvalue weighted by molar-refractivity contribution is 0.0690. The van der Waals surface area contributed by atoms with E-state index in [4.69, 9.17) is 10.2 Å². The van der Waals surface area contributed by atoms with Crippen LogP contribution in [-0.4, -0.2) is 45.8 Å². The Labute approximate surface area is 99.9 Å². The molecule has 0 aliphatic heterocycles. The Kier molecular flexibility index (Phi) is 5.35. The Morgan fingerprint density at radius 3 is 2.76 bits per heavy atom. The van der Waals surface area contributed by atoms with Gasteiger partial charge in [-0.2, -0.15) is 0 Å². The Hall–Kier alpha value is -1.69. The van der Waals surface area contributed by atoms with E-state index in [0.717, 1.165) is 19.4 Å². The van der Waals surface area contributed by atoms with Gasteiger partial charge in [-0.3, -0.25) is 4.98 Å². The third kappa shape index (κ3) is 3.99. The number of aromatic carboxylic acids is 1. The number of anilines is 1. The Bertz CT molecular complexity index is 371. The minimum Gasteiger partial charge on any atom is -0.476 e. The number of hydrogen-bond donors (Lipinski definition) is 2. The average molecular weight is 239 g/mol. The zero-order valence-corrected chi connectivity index (χ0v) is 9.83. The molecule has 6 nitrogen and oxygen atoms in total. The topological polar surface area (TPSA) is 86.5 Å². The smallest absolute Gasteiger partial charge is 0.356 e. The summed E-state index contributed by atoms with van der Waals surface area (Å²) in [4.78, 5) is 20.5. The van der Waals surface area contributed by atoms with E-state index in [0.29, 0.717) is 12.4 Å². The van der Waals surface area contributed by atoms with Crippen LogP contribution in [0.1, 0.15) is 30.3 Å². The van der Waals surface area contributed by atoms with Gasteiger partial charge in [-0.05, 0) is 6.42 Å². The van der Waals surface area contributed by atoms with Crippen molar-refractivity contribution in [2.24, 2.45) is 0 Å². The van der Waals surface area contributed by atoms with Crippen LogP contribution in [0.4, 0.5) is 5.82 Å². The maximum absolute atomic E-state index is 10.8. The number of carbonyl (C=O) groups is 1. The van der Waals surface area contributed by atoms with Crippen LogP contribution in [0.25, 0.3) is 0 Å². The number of nitrogens with zero attached hydrogens (tertiary/aromatic N) is 3. The molecule has 0 aliphatic rings. The summed E-state index contributed by atoms with van der Waals surface area (Å²) >= 11 is 0. The standard InChI is InChI=1S/C11H17N3O3/c1-2-3-4-14(5-6-15)10-8-12-7-9(13-10)11(16)17/h7-8,15H,2-6H2,1H3,(H,16,17). The molecule has 0 saturated heterocycles. The zero-order chi connectivity index (χ0) is 12.7. The van der Waals surface area contributed by atoms with Crippen LogP contribution in [0.3, 0.4) is 0 Å². The van der Waals surface area contributed by atoms with Gasteiger partial charge in [0.25, 0.3) is 0 Å². The number of unbranched alkanes of at least 4 members (excludes halogenated alkanes) is 1. The summed E-state index contributed by atoms with van der Waals surface area (Å²) in [6, 6.07) is 0. The van der Waals surface area contributed by atoms with Crippen molar-refractivity contribution in [3.63, 3.8) is 0 Å². The fraction of sp³-hybridized carbons (Fsp3) is 0.545. The SMILES string of the molecule is CCCCN(CCO)c1cncc(C(=O)O)n1. The summed E-state index contributed by atoms with van der Waals surface area (Å²) in [5, 5.41) is 17.8. The van der Waals surface area contributed by atoms with Crippen molar-refractivity contribution >= 4 is 11.8 Å². The van der Waals surface area contributed by atoms with Crippen molar-refractivity contribution in [3.05, 3.63) is 18.1 Å². The van der Waals surface area contributed by atoms with Crippen LogP contribution in [0.5, 0.6) is 0 Å². The summed E-state index contributed by atoms with van der Waals surface area (Å²) in [5.41, 5.74) is -0.0815. The summed E-state index contributed by atoms with van der Waals surface area (Å²) in [6.45, 7) is 3.23. The quantitative estimate of drug-likeness (QED) is 0.731. The first-order valence-corrected chi connectivity index (χ1v) is 5.60. The second-order valence-electron chi connectivity index (χ2n) is 3.63. The van der Waals surface area contributed by atoms with Crippen molar-refractivity contribution in [1.29, 1.82) is 0 Å². The van der Waals surface area contributed by atoms with Gasteiger partial charge in [-0.15, -0.1) is 0 Å². The normalized spacial score (nSPS) is 10.2. The van der Waals surface area contributed by atoms with Gasteiger partial charge in [0.05, 0.1) is 19.0 Å². The van der Waals surface area contributed by atoms with Gasteiger partial charge in [0.1, 0.15) is 5.82 Å². The zero-order valence-electron chi connectivity index (χ0n) is 9.83. The minimum absolute atomic E-state index is 0.00267. The first-order chi connectivity index (χ1) is 8.19.